The highest BCUT2D eigenvalue weighted by molar-refractivity contribution is 5.97. The van der Waals surface area contributed by atoms with E-state index in [0.717, 1.165) is 0 Å². The Morgan fingerprint density at radius 1 is 1.08 bits per heavy atom. The third-order valence-corrected chi connectivity index (χ3v) is 3.45. The van der Waals surface area contributed by atoms with E-state index in [2.05, 4.69) is 0 Å². The maximum Gasteiger partial charge on any atom is 0.371 e. The fourth-order valence-corrected chi connectivity index (χ4v) is 2.16. The standard InChI is InChI=1S/C20H20O6/c1-3-25-19(20(22)23)11-14-7-9-16(10-8-14)26-13-18(21)15-5-4-6-17(12-15)24-2/h4-12H,3,13H2,1-2H3,(H,22,23). The second-order valence-electron chi connectivity index (χ2n) is 5.26. The molecule has 0 heterocycles. The Bertz CT molecular complexity index is 792. The summed E-state index contributed by atoms with van der Waals surface area (Å²) >= 11 is 0. The molecule has 0 atom stereocenters. The van der Waals surface area contributed by atoms with Crippen molar-refractivity contribution in [3.8, 4) is 11.5 Å². The molecule has 6 heteroatoms. The van der Waals surface area contributed by atoms with E-state index in [1.807, 2.05) is 0 Å². The Hall–Kier alpha value is -3.28. The number of aliphatic carboxylic acids is 1. The van der Waals surface area contributed by atoms with Gasteiger partial charge in [0.15, 0.2) is 12.4 Å². The van der Waals surface area contributed by atoms with Crippen LogP contribution in [0.25, 0.3) is 6.08 Å². The summed E-state index contributed by atoms with van der Waals surface area (Å²) in [7, 11) is 1.54. The zero-order valence-corrected chi connectivity index (χ0v) is 14.6. The molecular weight excluding hydrogens is 336 g/mol. The van der Waals surface area contributed by atoms with Crippen LogP contribution in [0.5, 0.6) is 11.5 Å². The SMILES string of the molecule is CCOC(=Cc1ccc(OCC(=O)c2cccc(OC)c2)cc1)C(=O)O. The van der Waals surface area contributed by atoms with Crippen LogP contribution in [0.15, 0.2) is 54.3 Å². The number of hydrogen-bond donors (Lipinski definition) is 1. The van der Waals surface area contributed by atoms with Crippen LogP contribution in [0.4, 0.5) is 0 Å². The van der Waals surface area contributed by atoms with Gasteiger partial charge in [0.2, 0.25) is 5.76 Å². The first-order valence-electron chi connectivity index (χ1n) is 8.01. The van der Waals surface area contributed by atoms with Crippen molar-refractivity contribution in [3.05, 3.63) is 65.4 Å². The third-order valence-electron chi connectivity index (χ3n) is 3.45. The highest BCUT2D eigenvalue weighted by atomic mass is 16.5. The lowest BCUT2D eigenvalue weighted by Crippen LogP contribution is -2.11. The van der Waals surface area contributed by atoms with Crippen LogP contribution in [0.1, 0.15) is 22.8 Å². The summed E-state index contributed by atoms with van der Waals surface area (Å²) < 4.78 is 15.6. The van der Waals surface area contributed by atoms with Crippen molar-refractivity contribution in [1.29, 1.82) is 0 Å². The van der Waals surface area contributed by atoms with E-state index < -0.39 is 5.97 Å². The Balaban J connectivity index is 1.99. The highest BCUT2D eigenvalue weighted by Gasteiger charge is 2.09. The second kappa shape index (κ2) is 9.27. The normalized spacial score (nSPS) is 10.9. The van der Waals surface area contributed by atoms with E-state index in [4.69, 9.17) is 19.3 Å². The van der Waals surface area contributed by atoms with E-state index in [-0.39, 0.29) is 24.8 Å². The van der Waals surface area contributed by atoms with Crippen molar-refractivity contribution < 1.29 is 28.9 Å². The Kier molecular flexibility index (Phi) is 6.79. The van der Waals surface area contributed by atoms with Gasteiger partial charge in [-0.05, 0) is 42.8 Å². The largest absolute Gasteiger partial charge is 0.497 e. The first kappa shape index (κ1) is 19.1. The molecule has 2 aromatic rings. The van der Waals surface area contributed by atoms with Gasteiger partial charge in [0.25, 0.3) is 0 Å². The number of ketones is 1. The first-order chi connectivity index (χ1) is 12.5. The average Bonchev–Trinajstić information content (AvgIpc) is 2.66. The minimum Gasteiger partial charge on any atom is -0.497 e. The van der Waals surface area contributed by atoms with Crippen LogP contribution in [-0.2, 0) is 9.53 Å². The van der Waals surface area contributed by atoms with E-state index >= 15 is 0 Å². The molecule has 0 bridgehead atoms. The minimum atomic E-state index is -1.13. The molecule has 0 saturated carbocycles. The van der Waals surface area contributed by atoms with Gasteiger partial charge in [-0.1, -0.05) is 24.3 Å². The van der Waals surface area contributed by atoms with Crippen molar-refractivity contribution in [1.82, 2.24) is 0 Å². The molecule has 0 aliphatic rings. The maximum atomic E-state index is 12.2. The van der Waals surface area contributed by atoms with Crippen LogP contribution < -0.4 is 9.47 Å². The molecule has 136 valence electrons. The molecule has 2 rings (SSSR count). The fourth-order valence-electron chi connectivity index (χ4n) is 2.16. The molecule has 0 unspecified atom stereocenters. The summed E-state index contributed by atoms with van der Waals surface area (Å²) in [6.45, 7) is 1.88. The molecule has 0 spiro atoms. The zero-order valence-electron chi connectivity index (χ0n) is 14.6. The van der Waals surface area contributed by atoms with Gasteiger partial charge >= 0.3 is 5.97 Å². The van der Waals surface area contributed by atoms with Gasteiger partial charge in [-0.15, -0.1) is 0 Å². The highest BCUT2D eigenvalue weighted by Crippen LogP contribution is 2.17. The summed E-state index contributed by atoms with van der Waals surface area (Å²) in [6, 6.07) is 13.6. The predicted molar refractivity (Wildman–Crippen MR) is 96.5 cm³/mol. The summed E-state index contributed by atoms with van der Waals surface area (Å²) in [5, 5.41) is 9.05. The number of carbonyl (C=O) groups is 2. The molecule has 1 N–H and O–H groups in total. The molecular formula is C20H20O6. The molecule has 0 radical (unpaired) electrons. The number of carboxylic acids is 1. The molecule has 0 saturated heterocycles. The van der Waals surface area contributed by atoms with Crippen LogP contribution in [-0.4, -0.2) is 37.2 Å². The predicted octanol–water partition coefficient (Wildman–Crippen LogP) is 3.42. The van der Waals surface area contributed by atoms with Gasteiger partial charge in [0, 0.05) is 5.56 Å². The van der Waals surface area contributed by atoms with Crippen LogP contribution in [0.2, 0.25) is 0 Å². The van der Waals surface area contributed by atoms with Crippen molar-refractivity contribution in [2.24, 2.45) is 0 Å². The number of benzene rings is 2. The molecule has 26 heavy (non-hydrogen) atoms. The molecule has 0 aromatic heterocycles. The zero-order chi connectivity index (χ0) is 18.9. The van der Waals surface area contributed by atoms with Gasteiger partial charge in [-0.25, -0.2) is 4.79 Å². The van der Waals surface area contributed by atoms with Gasteiger partial charge in [-0.3, -0.25) is 4.79 Å². The number of rotatable bonds is 9. The van der Waals surface area contributed by atoms with Gasteiger partial charge in [0.1, 0.15) is 11.5 Å². The summed E-state index contributed by atoms with van der Waals surface area (Å²) in [5.41, 5.74) is 1.16. The lowest BCUT2D eigenvalue weighted by molar-refractivity contribution is -0.136. The van der Waals surface area contributed by atoms with Gasteiger partial charge in [0.05, 0.1) is 13.7 Å². The number of ether oxygens (including phenoxy) is 3. The number of Topliss-reactive ketones (excluding diaryl/α,β-unsaturated/α-hetero) is 1. The number of carbonyl (C=O) groups excluding carboxylic acids is 1. The molecule has 6 nitrogen and oxygen atoms in total. The van der Waals surface area contributed by atoms with Gasteiger partial charge in [-0.2, -0.15) is 0 Å². The average molecular weight is 356 g/mol. The van der Waals surface area contributed by atoms with Gasteiger partial charge < -0.3 is 19.3 Å². The third kappa shape index (κ3) is 5.37. The monoisotopic (exact) mass is 356 g/mol. The Labute approximate surface area is 151 Å². The number of hydrogen-bond acceptors (Lipinski definition) is 5. The molecule has 0 amide bonds. The maximum absolute atomic E-state index is 12.2. The first-order valence-corrected chi connectivity index (χ1v) is 8.01. The van der Waals surface area contributed by atoms with Crippen molar-refractivity contribution >= 4 is 17.8 Å². The summed E-state index contributed by atoms with van der Waals surface area (Å²) in [6.07, 6.45) is 1.43. The lowest BCUT2D eigenvalue weighted by Gasteiger charge is -2.07. The van der Waals surface area contributed by atoms with E-state index in [1.165, 1.54) is 13.2 Å². The van der Waals surface area contributed by atoms with Crippen molar-refractivity contribution in [2.75, 3.05) is 20.3 Å². The second-order valence-corrected chi connectivity index (χ2v) is 5.26. The number of methoxy groups -OCH3 is 1. The van der Waals surface area contributed by atoms with Crippen LogP contribution in [0, 0.1) is 0 Å². The van der Waals surface area contributed by atoms with Crippen LogP contribution in [0.3, 0.4) is 0 Å². The molecule has 2 aromatic carbocycles. The van der Waals surface area contributed by atoms with Crippen molar-refractivity contribution in [2.45, 2.75) is 6.92 Å². The lowest BCUT2D eigenvalue weighted by atomic mass is 10.1. The minimum absolute atomic E-state index is 0.109. The molecule has 0 aliphatic heterocycles. The van der Waals surface area contributed by atoms with E-state index in [9.17, 15) is 9.59 Å². The molecule has 0 aliphatic carbocycles. The molecule has 0 fully saturated rings. The summed E-state index contributed by atoms with van der Waals surface area (Å²) in [5.74, 6) is -0.315. The van der Waals surface area contributed by atoms with Crippen LogP contribution >= 0.6 is 0 Å². The smallest absolute Gasteiger partial charge is 0.371 e. The van der Waals surface area contributed by atoms with Crippen molar-refractivity contribution in [3.63, 3.8) is 0 Å². The van der Waals surface area contributed by atoms with E-state index in [1.54, 1.807) is 55.5 Å². The number of carboxylic acid groups (broad SMARTS) is 1. The van der Waals surface area contributed by atoms with E-state index in [0.29, 0.717) is 22.6 Å². The topological polar surface area (TPSA) is 82.1 Å². The Morgan fingerprint density at radius 3 is 2.42 bits per heavy atom. The fraction of sp³-hybridized carbons (Fsp3) is 0.200. The summed E-state index contributed by atoms with van der Waals surface area (Å²) in [4.78, 5) is 23.2. The quantitative estimate of drug-likeness (QED) is 0.421. The Morgan fingerprint density at radius 2 is 1.81 bits per heavy atom.